The maximum atomic E-state index is 13.5. The van der Waals surface area contributed by atoms with Crippen molar-refractivity contribution < 1.29 is 19.6 Å². The maximum absolute atomic E-state index is 13.5. The average Bonchev–Trinajstić information content (AvgIpc) is 3.10. The Kier molecular flexibility index (Phi) is 6.49. The Morgan fingerprint density at radius 2 is 2.06 bits per heavy atom. The van der Waals surface area contributed by atoms with Crippen LogP contribution >= 0.6 is 27.3 Å². The molecule has 0 aliphatic carbocycles. The summed E-state index contributed by atoms with van der Waals surface area (Å²) >= 11 is 4.17. The van der Waals surface area contributed by atoms with Crippen molar-refractivity contribution in [2.45, 2.75) is 19.9 Å². The minimum Gasteiger partial charge on any atom is -0.506 e. The van der Waals surface area contributed by atoms with Crippen LogP contribution in [0.5, 0.6) is 5.75 Å². The molecule has 1 aliphatic rings. The normalized spacial score (nSPS) is 15.6. The van der Waals surface area contributed by atoms with Crippen molar-refractivity contribution in [1.82, 2.24) is 4.57 Å². The minimum atomic E-state index is -0.760. The van der Waals surface area contributed by atoms with E-state index < -0.39 is 22.5 Å². The monoisotopic (exact) mass is 543 g/mol. The van der Waals surface area contributed by atoms with Gasteiger partial charge in [-0.2, -0.15) is 0 Å². The molecule has 1 aromatic heterocycles. The van der Waals surface area contributed by atoms with Crippen molar-refractivity contribution in [3.05, 3.63) is 99.1 Å². The highest BCUT2D eigenvalue weighted by Gasteiger charge is 2.33. The molecule has 2 aromatic carbocycles. The van der Waals surface area contributed by atoms with Crippen molar-refractivity contribution in [1.29, 1.82) is 0 Å². The zero-order chi connectivity index (χ0) is 24.6. The molecule has 0 bridgehead atoms. The first-order valence-corrected chi connectivity index (χ1v) is 11.7. The minimum absolute atomic E-state index is 0.101. The Balaban J connectivity index is 1.98. The predicted octanol–water partition coefficient (Wildman–Crippen LogP) is 3.17. The van der Waals surface area contributed by atoms with Gasteiger partial charge in [-0.3, -0.25) is 19.5 Å². The van der Waals surface area contributed by atoms with Gasteiger partial charge in [-0.1, -0.05) is 41.7 Å². The van der Waals surface area contributed by atoms with Crippen LogP contribution in [0.25, 0.3) is 6.08 Å². The number of halogens is 1. The van der Waals surface area contributed by atoms with E-state index in [0.717, 1.165) is 11.3 Å². The van der Waals surface area contributed by atoms with E-state index in [1.54, 1.807) is 13.8 Å². The second kappa shape index (κ2) is 9.35. The lowest BCUT2D eigenvalue weighted by atomic mass is 9.96. The first kappa shape index (κ1) is 23.6. The second-order valence-corrected chi connectivity index (χ2v) is 9.20. The number of carbonyl (C=O) groups excluding carboxylic acids is 1. The molecule has 0 fully saturated rings. The number of carbonyl (C=O) groups is 1. The number of nitro benzene ring substituents is 1. The van der Waals surface area contributed by atoms with Crippen molar-refractivity contribution in [3.8, 4) is 5.75 Å². The van der Waals surface area contributed by atoms with Gasteiger partial charge >= 0.3 is 5.97 Å². The Bertz CT molecular complexity index is 1520. The van der Waals surface area contributed by atoms with E-state index in [-0.39, 0.29) is 38.2 Å². The topological polar surface area (TPSA) is 124 Å². The van der Waals surface area contributed by atoms with Gasteiger partial charge in [0.25, 0.3) is 11.2 Å². The number of phenolic OH excluding ortho intramolecular Hbond substituents is 1. The van der Waals surface area contributed by atoms with Gasteiger partial charge in [-0.05, 0) is 41.4 Å². The lowest BCUT2D eigenvalue weighted by Gasteiger charge is -2.24. The predicted molar refractivity (Wildman–Crippen MR) is 129 cm³/mol. The number of hydrogen-bond donors (Lipinski definition) is 1. The van der Waals surface area contributed by atoms with Crippen LogP contribution in [-0.4, -0.2) is 27.2 Å². The summed E-state index contributed by atoms with van der Waals surface area (Å²) in [5.74, 6) is -0.799. The molecule has 0 unspecified atom stereocenters. The Hall–Kier alpha value is -3.57. The van der Waals surface area contributed by atoms with Gasteiger partial charge < -0.3 is 9.84 Å². The first-order chi connectivity index (χ1) is 16.2. The summed E-state index contributed by atoms with van der Waals surface area (Å²) in [6.07, 6.45) is 1.38. The van der Waals surface area contributed by atoms with Gasteiger partial charge in [-0.25, -0.2) is 9.79 Å². The fourth-order valence-corrected chi connectivity index (χ4v) is 5.21. The van der Waals surface area contributed by atoms with E-state index in [2.05, 4.69) is 20.9 Å². The van der Waals surface area contributed by atoms with E-state index >= 15 is 0 Å². The Morgan fingerprint density at radius 3 is 2.71 bits per heavy atom. The number of nitrogens with zero attached hydrogens (tertiary/aromatic N) is 3. The van der Waals surface area contributed by atoms with E-state index in [1.807, 2.05) is 30.3 Å². The summed E-state index contributed by atoms with van der Waals surface area (Å²) in [5.41, 5.74) is 0.798. The molecule has 0 radical (unpaired) electrons. The number of rotatable bonds is 5. The number of allylic oxidation sites excluding steroid dienone is 1. The summed E-state index contributed by atoms with van der Waals surface area (Å²) in [6.45, 7) is 3.55. The average molecular weight is 544 g/mol. The number of aromatic hydroxyl groups is 1. The van der Waals surface area contributed by atoms with Gasteiger partial charge in [0.2, 0.25) is 0 Å². The molecule has 0 amide bonds. The summed E-state index contributed by atoms with van der Waals surface area (Å²) in [6, 6.07) is 10.7. The number of ether oxygens (including phenoxy) is 1. The molecule has 2 heterocycles. The third-order valence-corrected chi connectivity index (χ3v) is 6.79. The number of non-ortho nitro benzene ring substituents is 1. The lowest BCUT2D eigenvalue weighted by Crippen LogP contribution is -2.39. The quantitative estimate of drug-likeness (QED) is 0.299. The van der Waals surface area contributed by atoms with Crippen molar-refractivity contribution >= 4 is 45.0 Å². The zero-order valence-electron chi connectivity index (χ0n) is 18.0. The van der Waals surface area contributed by atoms with E-state index in [4.69, 9.17) is 4.74 Å². The van der Waals surface area contributed by atoms with Gasteiger partial charge in [0, 0.05) is 17.7 Å². The molecule has 1 atom stereocenters. The maximum Gasteiger partial charge on any atom is 0.338 e. The number of hydrogen-bond acceptors (Lipinski definition) is 8. The standard InChI is InChI=1S/C23H18BrN3O6S/c1-3-33-22(30)18-12(2)25-23-26(19(18)13-7-5-4-6-8-13)21(29)17(34-23)10-14-9-15(27(31)32)11-16(24)20(14)28/h4-11,19,28H,3H2,1-2H3/b17-10-/t19-/m1/s1. The molecule has 174 valence electrons. The summed E-state index contributed by atoms with van der Waals surface area (Å²) in [5, 5.41) is 21.7. The van der Waals surface area contributed by atoms with Crippen LogP contribution in [0, 0.1) is 10.1 Å². The molecule has 0 spiro atoms. The molecule has 1 N–H and O–H groups in total. The lowest BCUT2D eigenvalue weighted by molar-refractivity contribution is -0.385. The smallest absolute Gasteiger partial charge is 0.338 e. The highest BCUT2D eigenvalue weighted by Crippen LogP contribution is 2.33. The fraction of sp³-hybridized carbons (Fsp3) is 0.174. The van der Waals surface area contributed by atoms with Crippen LogP contribution in [0.3, 0.4) is 0 Å². The van der Waals surface area contributed by atoms with Gasteiger partial charge in [-0.15, -0.1) is 0 Å². The Morgan fingerprint density at radius 1 is 1.35 bits per heavy atom. The third kappa shape index (κ3) is 4.19. The summed E-state index contributed by atoms with van der Waals surface area (Å²) in [7, 11) is 0. The van der Waals surface area contributed by atoms with Gasteiger partial charge in [0.05, 0.1) is 37.8 Å². The molecular weight excluding hydrogens is 526 g/mol. The highest BCUT2D eigenvalue weighted by molar-refractivity contribution is 9.10. The molecule has 34 heavy (non-hydrogen) atoms. The van der Waals surface area contributed by atoms with Crippen LogP contribution in [-0.2, 0) is 9.53 Å². The molecular formula is C23H18BrN3O6S. The largest absolute Gasteiger partial charge is 0.506 e. The van der Waals surface area contributed by atoms with Crippen LogP contribution in [0.4, 0.5) is 5.69 Å². The number of phenols is 1. The summed E-state index contributed by atoms with van der Waals surface area (Å²) in [4.78, 5) is 41.9. The van der Waals surface area contributed by atoms with Crippen LogP contribution in [0.2, 0.25) is 0 Å². The number of nitro groups is 1. The molecule has 4 rings (SSSR count). The third-order valence-electron chi connectivity index (χ3n) is 5.21. The number of aromatic nitrogens is 1. The fourth-order valence-electron chi connectivity index (χ4n) is 3.70. The van der Waals surface area contributed by atoms with Crippen LogP contribution in [0.15, 0.2) is 68.0 Å². The van der Waals surface area contributed by atoms with Crippen molar-refractivity contribution in [2.75, 3.05) is 6.61 Å². The zero-order valence-corrected chi connectivity index (χ0v) is 20.4. The van der Waals surface area contributed by atoms with Gasteiger partial charge in [0.15, 0.2) is 4.80 Å². The van der Waals surface area contributed by atoms with Gasteiger partial charge in [0.1, 0.15) is 5.75 Å². The number of thiazole rings is 1. The van der Waals surface area contributed by atoms with E-state index in [1.165, 1.54) is 22.8 Å². The SMILES string of the molecule is CCOC(=O)C1=C(C)N=c2s/c(=C\c3cc([N+](=O)[O-])cc(Br)c3O)c(=O)n2[C@@H]1c1ccccc1. The molecule has 1 aliphatic heterocycles. The van der Waals surface area contributed by atoms with E-state index in [0.29, 0.717) is 16.1 Å². The number of benzene rings is 2. The number of esters is 1. The van der Waals surface area contributed by atoms with E-state index in [9.17, 15) is 24.8 Å². The Labute approximate surface area is 205 Å². The first-order valence-electron chi connectivity index (χ1n) is 10.1. The van der Waals surface area contributed by atoms with Crippen molar-refractivity contribution in [3.63, 3.8) is 0 Å². The molecule has 0 saturated carbocycles. The molecule has 9 nitrogen and oxygen atoms in total. The molecule has 3 aromatic rings. The van der Waals surface area contributed by atoms with Crippen molar-refractivity contribution in [2.24, 2.45) is 4.99 Å². The van der Waals surface area contributed by atoms with Crippen LogP contribution < -0.4 is 14.9 Å². The molecule has 11 heteroatoms. The second-order valence-electron chi connectivity index (χ2n) is 7.34. The number of fused-ring (bicyclic) bond motifs is 1. The summed E-state index contributed by atoms with van der Waals surface area (Å²) < 4.78 is 6.98. The molecule has 0 saturated heterocycles. The van der Waals surface area contributed by atoms with Crippen LogP contribution in [0.1, 0.15) is 31.0 Å². The highest BCUT2D eigenvalue weighted by atomic mass is 79.9.